The van der Waals surface area contributed by atoms with E-state index in [0.29, 0.717) is 18.9 Å². The predicted octanol–water partition coefficient (Wildman–Crippen LogP) is 8.57. The molecule has 0 amide bonds. The second kappa shape index (κ2) is 11.7. The van der Waals surface area contributed by atoms with E-state index >= 15 is 0 Å². The normalized spacial score (nSPS) is 16.9. The fourth-order valence-electron chi connectivity index (χ4n) is 3.92. The van der Waals surface area contributed by atoms with Crippen LogP contribution < -0.4 is 0 Å². The topological polar surface area (TPSA) is 44.8 Å². The van der Waals surface area contributed by atoms with Crippen LogP contribution in [0.2, 0.25) is 36.3 Å². The lowest BCUT2D eigenvalue weighted by Crippen LogP contribution is -2.47. The Bertz CT molecular complexity index is 615. The van der Waals surface area contributed by atoms with Crippen LogP contribution in [-0.2, 0) is 18.4 Å². The van der Waals surface area contributed by atoms with Crippen molar-refractivity contribution in [1.82, 2.24) is 0 Å². The highest BCUT2D eigenvalue weighted by molar-refractivity contribution is 6.74. The summed E-state index contributed by atoms with van der Waals surface area (Å²) in [4.78, 5) is 12.7. The van der Waals surface area contributed by atoms with Crippen molar-refractivity contribution >= 4 is 22.6 Å². The third-order valence-corrected chi connectivity index (χ3v) is 17.4. The molecule has 4 nitrogen and oxygen atoms in total. The fraction of sp³-hybridized carbons (Fsp3) is 0.963. The van der Waals surface area contributed by atoms with Crippen LogP contribution in [0.5, 0.6) is 0 Å². The highest BCUT2D eigenvalue weighted by atomic mass is 28.4. The van der Waals surface area contributed by atoms with Crippen LogP contribution in [0.3, 0.4) is 0 Å². The Hall–Kier alpha value is -0.176. The van der Waals surface area contributed by atoms with Gasteiger partial charge in [-0.15, -0.1) is 0 Å². The molecule has 0 heterocycles. The van der Waals surface area contributed by atoms with Gasteiger partial charge in [-0.2, -0.15) is 0 Å². The molecule has 0 aliphatic carbocycles. The van der Waals surface area contributed by atoms with Crippen molar-refractivity contribution in [3.63, 3.8) is 0 Å². The lowest BCUT2D eigenvalue weighted by Gasteiger charge is -2.43. The maximum Gasteiger partial charge on any atom is 0.311 e. The first-order chi connectivity index (χ1) is 14.5. The minimum absolute atomic E-state index is 0.116. The maximum absolute atomic E-state index is 12.7. The number of hydrogen-bond acceptors (Lipinski definition) is 4. The number of methoxy groups -OCH3 is 1. The average Bonchev–Trinajstić information content (AvgIpc) is 2.57. The highest BCUT2D eigenvalue weighted by Crippen LogP contribution is 2.41. The summed E-state index contributed by atoms with van der Waals surface area (Å²) in [5, 5.41) is 0.383. The number of rotatable bonds is 13. The third-order valence-electron chi connectivity index (χ3n) is 8.21. The lowest BCUT2D eigenvalue weighted by molar-refractivity contribution is -0.153. The molecule has 1 unspecified atom stereocenters. The van der Waals surface area contributed by atoms with E-state index in [2.05, 4.69) is 95.4 Å². The second-order valence-electron chi connectivity index (χ2n) is 14.2. The Balaban J connectivity index is 4.94. The molecule has 0 aromatic heterocycles. The van der Waals surface area contributed by atoms with Crippen LogP contribution in [-0.4, -0.2) is 41.9 Å². The number of hydrogen-bond donors (Lipinski definition) is 0. The monoisotopic (exact) mass is 502 g/mol. The number of esters is 1. The van der Waals surface area contributed by atoms with Crippen LogP contribution in [0.25, 0.3) is 0 Å². The molecule has 0 rings (SSSR count). The van der Waals surface area contributed by atoms with Gasteiger partial charge in [0.05, 0.1) is 18.1 Å². The van der Waals surface area contributed by atoms with E-state index in [9.17, 15) is 4.79 Å². The maximum atomic E-state index is 12.7. The zero-order chi connectivity index (χ0) is 26.5. The molecule has 198 valence electrons. The van der Waals surface area contributed by atoms with Crippen LogP contribution in [0.4, 0.5) is 0 Å². The largest absolute Gasteiger partial charge is 0.469 e. The zero-order valence-corrected chi connectivity index (χ0v) is 27.0. The molecule has 0 radical (unpaired) electrons. The smallest absolute Gasteiger partial charge is 0.311 e. The van der Waals surface area contributed by atoms with Gasteiger partial charge in [0.15, 0.2) is 16.6 Å². The van der Waals surface area contributed by atoms with E-state index in [4.69, 9.17) is 13.6 Å². The molecule has 2 atom stereocenters. The van der Waals surface area contributed by atoms with Crippen molar-refractivity contribution in [3.05, 3.63) is 0 Å². The Labute approximate surface area is 209 Å². The molecule has 0 saturated heterocycles. The summed E-state index contributed by atoms with van der Waals surface area (Å²) in [6, 6.07) is 0. The van der Waals surface area contributed by atoms with Gasteiger partial charge in [0.1, 0.15) is 0 Å². The summed E-state index contributed by atoms with van der Waals surface area (Å²) in [7, 11) is -2.12. The Morgan fingerprint density at radius 1 is 0.818 bits per heavy atom. The van der Waals surface area contributed by atoms with Crippen LogP contribution >= 0.6 is 0 Å². The van der Waals surface area contributed by atoms with Crippen molar-refractivity contribution in [1.29, 1.82) is 0 Å². The summed E-state index contributed by atoms with van der Waals surface area (Å²) < 4.78 is 18.3. The van der Waals surface area contributed by atoms with Gasteiger partial charge in [0.2, 0.25) is 0 Å². The van der Waals surface area contributed by atoms with Gasteiger partial charge < -0.3 is 13.6 Å². The van der Waals surface area contributed by atoms with E-state index in [1.54, 1.807) is 0 Å². The van der Waals surface area contributed by atoms with Crippen LogP contribution in [0.1, 0.15) is 101 Å². The van der Waals surface area contributed by atoms with Gasteiger partial charge in [0.25, 0.3) is 0 Å². The van der Waals surface area contributed by atoms with Gasteiger partial charge in [-0.1, -0.05) is 61.3 Å². The second-order valence-corrected chi connectivity index (χ2v) is 23.8. The minimum Gasteiger partial charge on any atom is -0.469 e. The standard InChI is InChI=1S/C27H58O4Si2/c1-22(17-16-18-26(8,9)31-33(14,15)25(5,6)7)21-27(10,23(28)29-11)19-20-30-32(12,13)24(2,3)4/h22H,16-21H2,1-15H3/t22?,27-/m1/s1. The molecule has 0 aromatic rings. The van der Waals surface area contributed by atoms with Gasteiger partial charge in [0, 0.05) is 6.61 Å². The van der Waals surface area contributed by atoms with Crippen molar-refractivity contribution < 1.29 is 18.4 Å². The van der Waals surface area contributed by atoms with Crippen molar-refractivity contribution in [2.75, 3.05) is 13.7 Å². The van der Waals surface area contributed by atoms with Crippen LogP contribution in [0.15, 0.2) is 0 Å². The summed E-state index contributed by atoms with van der Waals surface area (Å²) in [6.45, 7) is 32.2. The van der Waals surface area contributed by atoms with Crippen LogP contribution in [0, 0.1) is 11.3 Å². The molecule has 0 aliphatic heterocycles. The van der Waals surface area contributed by atoms with E-state index < -0.39 is 22.0 Å². The van der Waals surface area contributed by atoms with Crippen molar-refractivity contribution in [2.24, 2.45) is 11.3 Å². The predicted molar refractivity (Wildman–Crippen MR) is 148 cm³/mol. The van der Waals surface area contributed by atoms with E-state index in [1.165, 1.54) is 7.11 Å². The van der Waals surface area contributed by atoms with Gasteiger partial charge in [-0.05, 0) is 82.2 Å². The first-order valence-corrected chi connectivity index (χ1v) is 18.7. The molecule has 33 heavy (non-hydrogen) atoms. The van der Waals surface area contributed by atoms with Crippen molar-refractivity contribution in [3.8, 4) is 0 Å². The molecule has 0 N–H and O–H groups in total. The molecular formula is C27H58O4Si2. The minimum atomic E-state index is -1.83. The number of carbonyl (C=O) groups excluding carboxylic acids is 1. The summed E-state index contributed by atoms with van der Waals surface area (Å²) in [5.74, 6) is 0.320. The molecule has 6 heteroatoms. The summed E-state index contributed by atoms with van der Waals surface area (Å²) >= 11 is 0. The van der Waals surface area contributed by atoms with Gasteiger partial charge in [-0.25, -0.2) is 0 Å². The third kappa shape index (κ3) is 10.5. The quantitative estimate of drug-likeness (QED) is 0.187. The highest BCUT2D eigenvalue weighted by Gasteiger charge is 2.42. The van der Waals surface area contributed by atoms with Crippen molar-refractivity contribution in [2.45, 2.75) is 143 Å². The number of ether oxygens (including phenoxy) is 1. The molecular weight excluding hydrogens is 444 g/mol. The Kier molecular flexibility index (Phi) is 11.6. The zero-order valence-electron chi connectivity index (χ0n) is 25.0. The summed E-state index contributed by atoms with van der Waals surface area (Å²) in [6.07, 6.45) is 4.74. The molecule has 0 bridgehead atoms. The molecule has 0 fully saturated rings. The fourth-order valence-corrected chi connectivity index (χ4v) is 6.76. The number of carbonyl (C=O) groups is 1. The first kappa shape index (κ1) is 32.8. The van der Waals surface area contributed by atoms with Gasteiger partial charge >= 0.3 is 5.97 Å². The average molecular weight is 503 g/mol. The Morgan fingerprint density at radius 2 is 1.30 bits per heavy atom. The van der Waals surface area contributed by atoms with E-state index in [1.807, 2.05) is 0 Å². The molecule has 0 aliphatic rings. The molecule has 0 saturated carbocycles. The molecule has 0 spiro atoms. The van der Waals surface area contributed by atoms with E-state index in [0.717, 1.165) is 25.7 Å². The Morgan fingerprint density at radius 3 is 1.73 bits per heavy atom. The van der Waals surface area contributed by atoms with Gasteiger partial charge in [-0.3, -0.25) is 4.79 Å². The lowest BCUT2D eigenvalue weighted by atomic mass is 9.77. The first-order valence-electron chi connectivity index (χ1n) is 12.9. The molecule has 0 aromatic carbocycles. The van der Waals surface area contributed by atoms with E-state index in [-0.39, 0.29) is 21.6 Å². The SMILES string of the molecule is COC(=O)[C@](C)(CCO[Si](C)(C)C(C)(C)C)CC(C)CCCC(C)(C)O[Si](C)(C)C(C)(C)C. The summed E-state index contributed by atoms with van der Waals surface area (Å²) in [5.41, 5.74) is -0.630.